The molecular weight excluding hydrogens is 220 g/mol. The Hall–Kier alpha value is 0.0969. The van der Waals surface area contributed by atoms with Gasteiger partial charge in [0.05, 0.1) is 12.7 Å². The zero-order valence-electron chi connectivity index (χ0n) is 11.4. The number of hydrogen-bond donors (Lipinski definition) is 1. The van der Waals surface area contributed by atoms with Crippen LogP contribution in [-0.2, 0) is 9.16 Å². The van der Waals surface area contributed by atoms with Gasteiger partial charge in [0.2, 0.25) is 0 Å². The first-order chi connectivity index (χ1) is 7.13. The summed E-state index contributed by atoms with van der Waals surface area (Å²) in [4.78, 5) is 0. The summed E-state index contributed by atoms with van der Waals surface area (Å²) < 4.78 is 11.2. The summed E-state index contributed by atoms with van der Waals surface area (Å²) in [7, 11) is -1.70. The molecule has 1 aliphatic heterocycles. The summed E-state index contributed by atoms with van der Waals surface area (Å²) in [5, 5.41) is 9.99. The van der Waals surface area contributed by atoms with E-state index in [4.69, 9.17) is 9.16 Å². The van der Waals surface area contributed by atoms with Gasteiger partial charge in [-0.25, -0.2) is 0 Å². The third-order valence-corrected chi connectivity index (χ3v) is 8.27. The van der Waals surface area contributed by atoms with Crippen molar-refractivity contribution in [2.75, 3.05) is 6.61 Å². The largest absolute Gasteiger partial charge is 0.414 e. The lowest BCUT2D eigenvalue weighted by molar-refractivity contribution is 0.0747. The van der Waals surface area contributed by atoms with Crippen LogP contribution < -0.4 is 0 Å². The molecule has 0 spiro atoms. The van der Waals surface area contributed by atoms with Crippen molar-refractivity contribution in [3.05, 3.63) is 0 Å². The molecule has 96 valence electrons. The smallest absolute Gasteiger partial charge is 0.192 e. The molecule has 1 rings (SSSR count). The van der Waals surface area contributed by atoms with Crippen LogP contribution in [0.3, 0.4) is 0 Å². The fourth-order valence-electron chi connectivity index (χ4n) is 1.50. The van der Waals surface area contributed by atoms with E-state index in [9.17, 15) is 5.11 Å². The van der Waals surface area contributed by atoms with Crippen LogP contribution in [0.4, 0.5) is 0 Å². The van der Waals surface area contributed by atoms with Crippen LogP contribution in [-0.4, -0.2) is 38.3 Å². The summed E-state index contributed by atoms with van der Waals surface area (Å²) >= 11 is 0. The molecule has 0 saturated carbocycles. The first kappa shape index (κ1) is 14.2. The molecular formula is C12H26O3Si. The van der Waals surface area contributed by atoms with Crippen molar-refractivity contribution in [2.45, 2.75) is 70.6 Å². The van der Waals surface area contributed by atoms with Gasteiger partial charge in [-0.1, -0.05) is 20.8 Å². The van der Waals surface area contributed by atoms with Crippen LogP contribution in [0.25, 0.3) is 0 Å². The summed E-state index contributed by atoms with van der Waals surface area (Å²) in [5.41, 5.74) is 0. The highest BCUT2D eigenvalue weighted by Gasteiger charge is 2.39. The van der Waals surface area contributed by atoms with Gasteiger partial charge in [0, 0.05) is 12.5 Å². The molecule has 0 aromatic carbocycles. The van der Waals surface area contributed by atoms with Crippen LogP contribution in [0.2, 0.25) is 18.1 Å². The van der Waals surface area contributed by atoms with E-state index in [0.717, 1.165) is 0 Å². The molecule has 0 bridgehead atoms. The van der Waals surface area contributed by atoms with Crippen LogP contribution in [0.5, 0.6) is 0 Å². The van der Waals surface area contributed by atoms with Crippen molar-refractivity contribution in [3.63, 3.8) is 0 Å². The van der Waals surface area contributed by atoms with E-state index in [1.54, 1.807) is 0 Å². The van der Waals surface area contributed by atoms with Crippen molar-refractivity contribution in [1.29, 1.82) is 0 Å². The Balaban J connectivity index is 2.40. The van der Waals surface area contributed by atoms with Crippen LogP contribution in [0, 0.1) is 0 Å². The second kappa shape index (κ2) is 4.76. The molecule has 3 nitrogen and oxygen atoms in total. The predicted octanol–water partition coefficient (Wildman–Crippen LogP) is 2.55. The number of aliphatic hydroxyl groups is 1. The Morgan fingerprint density at radius 2 is 1.94 bits per heavy atom. The molecule has 16 heavy (non-hydrogen) atoms. The van der Waals surface area contributed by atoms with Crippen molar-refractivity contribution >= 4 is 8.32 Å². The second-order valence-electron chi connectivity index (χ2n) is 6.36. The Labute approximate surface area is 100 Å². The molecule has 0 aromatic rings. The second-order valence-corrected chi connectivity index (χ2v) is 11.1. The highest BCUT2D eigenvalue weighted by molar-refractivity contribution is 6.74. The van der Waals surface area contributed by atoms with Gasteiger partial charge in [-0.15, -0.1) is 0 Å². The Morgan fingerprint density at radius 1 is 1.44 bits per heavy atom. The maximum Gasteiger partial charge on any atom is 0.192 e. The van der Waals surface area contributed by atoms with Crippen LogP contribution in [0.15, 0.2) is 0 Å². The Morgan fingerprint density at radius 3 is 2.31 bits per heavy atom. The van der Waals surface area contributed by atoms with Gasteiger partial charge >= 0.3 is 0 Å². The minimum Gasteiger partial charge on any atom is -0.414 e. The molecule has 1 aliphatic rings. The number of epoxide rings is 1. The van der Waals surface area contributed by atoms with Gasteiger partial charge in [-0.2, -0.15) is 0 Å². The maximum atomic E-state index is 9.77. The first-order valence-electron chi connectivity index (χ1n) is 6.11. The topological polar surface area (TPSA) is 42.0 Å². The Kier molecular flexibility index (Phi) is 4.22. The lowest BCUT2D eigenvalue weighted by Crippen LogP contribution is -2.44. The SMILES string of the molecule is C[C@H](C[C@H](O)[C@@H]1CO1)O[Si](C)(C)C(C)(C)C. The van der Waals surface area contributed by atoms with Gasteiger partial charge in [-0.05, 0) is 25.1 Å². The summed E-state index contributed by atoms with van der Waals surface area (Å²) in [5.74, 6) is 0. The van der Waals surface area contributed by atoms with E-state index >= 15 is 0 Å². The summed E-state index contributed by atoms with van der Waals surface area (Å²) in [6.45, 7) is 13.9. The van der Waals surface area contributed by atoms with Crippen molar-refractivity contribution < 1.29 is 14.3 Å². The van der Waals surface area contributed by atoms with E-state index in [0.29, 0.717) is 13.0 Å². The van der Waals surface area contributed by atoms with E-state index in [-0.39, 0.29) is 23.4 Å². The van der Waals surface area contributed by atoms with Gasteiger partial charge in [0.1, 0.15) is 6.10 Å². The normalized spacial score (nSPS) is 25.3. The Bertz CT molecular complexity index is 231. The van der Waals surface area contributed by atoms with Crippen molar-refractivity contribution in [1.82, 2.24) is 0 Å². The van der Waals surface area contributed by atoms with Crippen LogP contribution in [0.1, 0.15) is 34.1 Å². The predicted molar refractivity (Wildman–Crippen MR) is 68.1 cm³/mol. The van der Waals surface area contributed by atoms with Crippen molar-refractivity contribution in [3.8, 4) is 0 Å². The van der Waals surface area contributed by atoms with Gasteiger partial charge in [0.15, 0.2) is 8.32 Å². The van der Waals surface area contributed by atoms with E-state index in [1.165, 1.54) is 0 Å². The quantitative estimate of drug-likeness (QED) is 0.599. The zero-order chi connectivity index (χ0) is 12.6. The molecule has 1 heterocycles. The molecule has 0 radical (unpaired) electrons. The molecule has 0 aliphatic carbocycles. The minimum atomic E-state index is -1.70. The zero-order valence-corrected chi connectivity index (χ0v) is 12.4. The standard InChI is InChI=1S/C12H26O3Si/c1-9(7-10(13)11-8-14-11)15-16(5,6)12(2,3)4/h9-11,13H,7-8H2,1-6H3/t9-,10+,11+/m1/s1. The monoisotopic (exact) mass is 246 g/mol. The molecule has 4 heteroatoms. The molecule has 3 atom stereocenters. The average Bonchev–Trinajstić information content (AvgIpc) is 2.80. The molecule has 0 amide bonds. The molecule has 0 unspecified atom stereocenters. The number of rotatable bonds is 5. The maximum absolute atomic E-state index is 9.77. The van der Waals surface area contributed by atoms with E-state index in [1.807, 2.05) is 6.92 Å². The van der Waals surface area contributed by atoms with Gasteiger partial charge in [0.25, 0.3) is 0 Å². The summed E-state index contributed by atoms with van der Waals surface area (Å²) in [6.07, 6.45) is 0.488. The van der Waals surface area contributed by atoms with Gasteiger partial charge in [-0.3, -0.25) is 0 Å². The van der Waals surface area contributed by atoms with E-state index in [2.05, 4.69) is 33.9 Å². The third-order valence-electron chi connectivity index (χ3n) is 3.66. The van der Waals surface area contributed by atoms with Crippen LogP contribution >= 0.6 is 0 Å². The first-order valence-corrected chi connectivity index (χ1v) is 9.02. The lowest BCUT2D eigenvalue weighted by atomic mass is 10.1. The molecule has 1 saturated heterocycles. The number of ether oxygens (including phenoxy) is 1. The molecule has 1 fully saturated rings. The highest BCUT2D eigenvalue weighted by Crippen LogP contribution is 2.37. The lowest BCUT2D eigenvalue weighted by Gasteiger charge is -2.38. The van der Waals surface area contributed by atoms with Crippen molar-refractivity contribution in [2.24, 2.45) is 0 Å². The number of hydrogen-bond acceptors (Lipinski definition) is 3. The summed E-state index contributed by atoms with van der Waals surface area (Å²) in [6, 6.07) is 0. The molecule has 1 N–H and O–H groups in total. The van der Waals surface area contributed by atoms with E-state index < -0.39 is 8.32 Å². The van der Waals surface area contributed by atoms with Gasteiger partial charge < -0.3 is 14.3 Å². The molecule has 0 aromatic heterocycles. The number of aliphatic hydroxyl groups excluding tert-OH is 1. The minimum absolute atomic E-state index is 0.0606. The third kappa shape index (κ3) is 3.84. The fraction of sp³-hybridized carbons (Fsp3) is 1.00. The average molecular weight is 246 g/mol. The fourth-order valence-corrected chi connectivity index (χ4v) is 2.95. The highest BCUT2D eigenvalue weighted by atomic mass is 28.4.